The third-order valence-corrected chi connectivity index (χ3v) is 3.57. The van der Waals surface area contributed by atoms with Crippen molar-refractivity contribution in [2.24, 2.45) is 7.05 Å². The molecule has 0 saturated heterocycles. The molecule has 9 heteroatoms. The number of aromatic hydroxyl groups is 1. The van der Waals surface area contributed by atoms with E-state index in [9.17, 15) is 14.3 Å². The summed E-state index contributed by atoms with van der Waals surface area (Å²) in [6, 6.07) is 8.62. The molecular formula is C16H15FN4O4. The largest absolute Gasteiger partial charge is 0.508 e. The van der Waals surface area contributed by atoms with Crippen molar-refractivity contribution in [2.75, 3.05) is 7.11 Å². The summed E-state index contributed by atoms with van der Waals surface area (Å²) >= 11 is 0. The molecule has 1 heterocycles. The Hall–Kier alpha value is -3.36. The maximum absolute atomic E-state index is 13.8. The van der Waals surface area contributed by atoms with Crippen LogP contribution in [0.25, 0.3) is 5.69 Å². The van der Waals surface area contributed by atoms with E-state index >= 15 is 0 Å². The first-order valence-corrected chi connectivity index (χ1v) is 7.28. The van der Waals surface area contributed by atoms with Crippen LogP contribution in [0.15, 0.2) is 41.2 Å². The summed E-state index contributed by atoms with van der Waals surface area (Å²) in [7, 11) is 2.96. The first kappa shape index (κ1) is 16.5. The Labute approximate surface area is 141 Å². The third-order valence-electron chi connectivity index (χ3n) is 3.57. The Morgan fingerprint density at radius 3 is 2.64 bits per heavy atom. The van der Waals surface area contributed by atoms with Crippen LogP contribution < -0.4 is 15.2 Å². The van der Waals surface area contributed by atoms with Gasteiger partial charge in [-0.05, 0) is 34.7 Å². The summed E-state index contributed by atoms with van der Waals surface area (Å²) in [5.41, 5.74) is 0.474. The number of tetrazole rings is 1. The molecule has 0 unspecified atom stereocenters. The molecule has 0 saturated carbocycles. The minimum atomic E-state index is -0.701. The zero-order valence-electron chi connectivity index (χ0n) is 13.5. The number of aryl methyl sites for hydroxylation is 1. The number of hydrogen-bond donors (Lipinski definition) is 1. The molecule has 0 aliphatic heterocycles. The number of ether oxygens (including phenoxy) is 2. The first-order chi connectivity index (χ1) is 12.0. The molecule has 3 aromatic rings. The fourth-order valence-electron chi connectivity index (χ4n) is 2.31. The maximum atomic E-state index is 13.8. The zero-order chi connectivity index (χ0) is 18.0. The van der Waals surface area contributed by atoms with Crippen molar-refractivity contribution in [1.29, 1.82) is 0 Å². The molecule has 130 valence electrons. The quantitative estimate of drug-likeness (QED) is 0.751. The van der Waals surface area contributed by atoms with Crippen LogP contribution in [0.5, 0.6) is 17.2 Å². The number of methoxy groups -OCH3 is 1. The van der Waals surface area contributed by atoms with Gasteiger partial charge in [0.25, 0.3) is 0 Å². The molecule has 0 aliphatic rings. The summed E-state index contributed by atoms with van der Waals surface area (Å²) in [6.07, 6.45) is 0. The highest BCUT2D eigenvalue weighted by Gasteiger charge is 2.16. The number of phenolic OH excluding ortho intramolecular Hbond substituents is 1. The van der Waals surface area contributed by atoms with Crippen molar-refractivity contribution in [1.82, 2.24) is 19.8 Å². The summed E-state index contributed by atoms with van der Waals surface area (Å²) in [6.45, 7) is -0.0793. The molecule has 0 amide bonds. The summed E-state index contributed by atoms with van der Waals surface area (Å²) < 4.78 is 26.8. The second-order valence-electron chi connectivity index (χ2n) is 5.16. The average molecular weight is 346 g/mol. The summed E-state index contributed by atoms with van der Waals surface area (Å²) in [4.78, 5) is 12.1. The van der Waals surface area contributed by atoms with Crippen LogP contribution in [0.1, 0.15) is 5.56 Å². The van der Waals surface area contributed by atoms with E-state index in [0.717, 1.165) is 15.4 Å². The molecule has 3 rings (SSSR count). The molecule has 0 fully saturated rings. The van der Waals surface area contributed by atoms with Gasteiger partial charge in [-0.15, -0.1) is 0 Å². The van der Waals surface area contributed by atoms with E-state index in [1.165, 1.54) is 26.3 Å². The number of rotatable bonds is 5. The number of phenols is 1. The summed E-state index contributed by atoms with van der Waals surface area (Å²) in [5.74, 6) is -0.488. The van der Waals surface area contributed by atoms with E-state index in [0.29, 0.717) is 17.0 Å². The highest BCUT2D eigenvalue weighted by molar-refractivity contribution is 5.49. The SMILES string of the molecule is COc1cccc(-n2nnn(C)c2=O)c1COc1ccc(O)cc1F. The predicted molar refractivity (Wildman–Crippen MR) is 85.5 cm³/mol. The average Bonchev–Trinajstić information content (AvgIpc) is 2.93. The summed E-state index contributed by atoms with van der Waals surface area (Å²) in [5, 5.41) is 16.7. The van der Waals surface area contributed by atoms with Crippen molar-refractivity contribution >= 4 is 0 Å². The van der Waals surface area contributed by atoms with Gasteiger partial charge < -0.3 is 14.6 Å². The lowest BCUT2D eigenvalue weighted by molar-refractivity contribution is 0.281. The minimum Gasteiger partial charge on any atom is -0.508 e. The van der Waals surface area contributed by atoms with E-state index in [-0.39, 0.29) is 18.1 Å². The van der Waals surface area contributed by atoms with Crippen molar-refractivity contribution in [3.8, 4) is 22.9 Å². The molecule has 0 atom stereocenters. The van der Waals surface area contributed by atoms with Crippen LogP contribution in [0.2, 0.25) is 0 Å². The normalized spacial score (nSPS) is 10.7. The van der Waals surface area contributed by atoms with Crippen LogP contribution >= 0.6 is 0 Å². The monoisotopic (exact) mass is 346 g/mol. The lowest BCUT2D eigenvalue weighted by Crippen LogP contribution is -2.23. The molecular weight excluding hydrogens is 331 g/mol. The molecule has 0 aliphatic carbocycles. The lowest BCUT2D eigenvalue weighted by atomic mass is 10.1. The second-order valence-corrected chi connectivity index (χ2v) is 5.16. The lowest BCUT2D eigenvalue weighted by Gasteiger charge is -2.14. The van der Waals surface area contributed by atoms with E-state index in [1.54, 1.807) is 18.2 Å². The van der Waals surface area contributed by atoms with Gasteiger partial charge in [0, 0.05) is 13.1 Å². The molecule has 1 aromatic heterocycles. The standard InChI is InChI=1S/C16H15FN4O4/c1-20-16(23)21(19-18-20)13-4-3-5-14(24-2)11(13)9-25-15-7-6-10(22)8-12(15)17/h3-8,22H,9H2,1-2H3. The van der Waals surface area contributed by atoms with Gasteiger partial charge in [-0.1, -0.05) is 6.07 Å². The molecule has 0 bridgehead atoms. The maximum Gasteiger partial charge on any atom is 0.368 e. The molecule has 0 spiro atoms. The Kier molecular flexibility index (Phi) is 4.38. The van der Waals surface area contributed by atoms with Crippen LogP contribution in [-0.4, -0.2) is 32.0 Å². The van der Waals surface area contributed by atoms with E-state index in [4.69, 9.17) is 9.47 Å². The van der Waals surface area contributed by atoms with E-state index in [1.807, 2.05) is 0 Å². The van der Waals surface area contributed by atoms with Crippen molar-refractivity contribution in [3.63, 3.8) is 0 Å². The molecule has 2 aromatic carbocycles. The Bertz CT molecular complexity index is 967. The molecule has 0 radical (unpaired) electrons. The number of nitrogens with zero attached hydrogens (tertiary/aromatic N) is 4. The molecule has 1 N–H and O–H groups in total. The predicted octanol–water partition coefficient (Wildman–Crippen LogP) is 1.40. The number of hydrogen-bond acceptors (Lipinski definition) is 6. The van der Waals surface area contributed by atoms with Crippen LogP contribution in [0, 0.1) is 5.82 Å². The van der Waals surface area contributed by atoms with Gasteiger partial charge in [-0.25, -0.2) is 9.18 Å². The Morgan fingerprint density at radius 2 is 2.00 bits per heavy atom. The number of aromatic nitrogens is 4. The van der Waals surface area contributed by atoms with Gasteiger partial charge in [0.05, 0.1) is 18.4 Å². The first-order valence-electron chi connectivity index (χ1n) is 7.28. The van der Waals surface area contributed by atoms with Crippen LogP contribution in [-0.2, 0) is 13.7 Å². The molecule has 25 heavy (non-hydrogen) atoms. The zero-order valence-corrected chi connectivity index (χ0v) is 13.5. The van der Waals surface area contributed by atoms with Gasteiger partial charge in [0.15, 0.2) is 11.6 Å². The third kappa shape index (κ3) is 3.16. The fraction of sp³-hybridized carbons (Fsp3) is 0.188. The Morgan fingerprint density at radius 1 is 1.20 bits per heavy atom. The minimum absolute atomic E-state index is 0.0406. The topological polar surface area (TPSA) is 91.4 Å². The highest BCUT2D eigenvalue weighted by Crippen LogP contribution is 2.28. The van der Waals surface area contributed by atoms with E-state index < -0.39 is 11.5 Å². The molecule has 8 nitrogen and oxygen atoms in total. The highest BCUT2D eigenvalue weighted by atomic mass is 19.1. The van der Waals surface area contributed by atoms with Crippen LogP contribution in [0.3, 0.4) is 0 Å². The van der Waals surface area contributed by atoms with Crippen LogP contribution in [0.4, 0.5) is 4.39 Å². The van der Waals surface area contributed by atoms with Crippen molar-refractivity contribution < 1.29 is 19.0 Å². The van der Waals surface area contributed by atoms with Gasteiger partial charge in [0.1, 0.15) is 18.1 Å². The van der Waals surface area contributed by atoms with Gasteiger partial charge in [-0.3, -0.25) is 0 Å². The van der Waals surface area contributed by atoms with Gasteiger partial charge in [-0.2, -0.15) is 9.36 Å². The second kappa shape index (κ2) is 6.63. The Balaban J connectivity index is 1.99. The smallest absolute Gasteiger partial charge is 0.368 e. The fourth-order valence-corrected chi connectivity index (χ4v) is 2.31. The number of benzene rings is 2. The van der Waals surface area contributed by atoms with Gasteiger partial charge in [0.2, 0.25) is 0 Å². The van der Waals surface area contributed by atoms with Crippen molar-refractivity contribution in [2.45, 2.75) is 6.61 Å². The van der Waals surface area contributed by atoms with Crippen molar-refractivity contribution in [3.05, 3.63) is 58.3 Å². The van der Waals surface area contributed by atoms with Gasteiger partial charge >= 0.3 is 5.69 Å². The number of halogens is 1. The van der Waals surface area contributed by atoms with E-state index in [2.05, 4.69) is 10.4 Å².